The van der Waals surface area contributed by atoms with E-state index in [2.05, 4.69) is 138 Å². The van der Waals surface area contributed by atoms with Gasteiger partial charge in [0.2, 0.25) is 0 Å². The molecule has 0 radical (unpaired) electrons. The van der Waals surface area contributed by atoms with Crippen LogP contribution in [0.15, 0.2) is 103 Å². The molecule has 0 heteroatoms. The zero-order valence-corrected chi connectivity index (χ0v) is 21.3. The third kappa shape index (κ3) is 4.33. The van der Waals surface area contributed by atoms with E-state index in [4.69, 9.17) is 0 Å². The lowest BCUT2D eigenvalue weighted by Crippen LogP contribution is -1.93. The molecule has 0 atom stereocenters. The highest BCUT2D eigenvalue weighted by molar-refractivity contribution is 5.84. The van der Waals surface area contributed by atoms with E-state index in [0.717, 1.165) is 0 Å². The fourth-order valence-electron chi connectivity index (χ4n) is 5.17. The van der Waals surface area contributed by atoms with Crippen LogP contribution in [0.2, 0.25) is 0 Å². The maximum atomic E-state index is 2.38. The normalized spacial score (nSPS) is 11.0. The minimum absolute atomic E-state index is 1.26. The van der Waals surface area contributed by atoms with Crippen molar-refractivity contribution in [1.82, 2.24) is 0 Å². The van der Waals surface area contributed by atoms with Crippen molar-refractivity contribution in [3.05, 3.63) is 131 Å². The molecule has 0 amide bonds. The van der Waals surface area contributed by atoms with E-state index in [1.54, 1.807) is 0 Å². The number of rotatable bonds is 4. The van der Waals surface area contributed by atoms with Crippen molar-refractivity contribution in [3.63, 3.8) is 0 Å². The fourth-order valence-corrected chi connectivity index (χ4v) is 5.17. The summed E-state index contributed by atoms with van der Waals surface area (Å²) in [6.45, 7) is 11.1. The van der Waals surface area contributed by atoms with Gasteiger partial charge in [-0.1, -0.05) is 91.0 Å². The summed E-state index contributed by atoms with van der Waals surface area (Å²) in [6, 6.07) is 37.7. The molecule has 0 aliphatic carbocycles. The number of benzene rings is 5. The van der Waals surface area contributed by atoms with E-state index in [-0.39, 0.29) is 0 Å². The average molecular weight is 453 g/mol. The maximum Gasteiger partial charge on any atom is -0.0146 e. The molecule has 0 aromatic heterocycles. The van der Waals surface area contributed by atoms with Crippen molar-refractivity contribution in [2.24, 2.45) is 0 Å². The van der Waals surface area contributed by atoms with Gasteiger partial charge in [-0.3, -0.25) is 0 Å². The summed E-state index contributed by atoms with van der Waals surface area (Å²) in [5.74, 6) is 0. The van der Waals surface area contributed by atoms with Crippen molar-refractivity contribution in [2.75, 3.05) is 0 Å². The summed E-state index contributed by atoms with van der Waals surface area (Å²) in [6.07, 6.45) is 0. The van der Waals surface area contributed by atoms with Crippen molar-refractivity contribution >= 4 is 0 Å². The Balaban J connectivity index is 1.64. The monoisotopic (exact) mass is 452 g/mol. The first-order chi connectivity index (χ1) is 16.9. The van der Waals surface area contributed by atoms with Crippen LogP contribution in [-0.4, -0.2) is 0 Å². The smallest absolute Gasteiger partial charge is 0.0146 e. The minimum atomic E-state index is 1.26. The van der Waals surface area contributed by atoms with E-state index in [1.807, 2.05) is 0 Å². The molecule has 0 fully saturated rings. The van der Waals surface area contributed by atoms with Gasteiger partial charge in [-0.05, 0) is 119 Å². The Hall–Kier alpha value is -3.90. The molecule has 0 unspecified atom stereocenters. The van der Waals surface area contributed by atoms with E-state index < -0.39 is 0 Å². The topological polar surface area (TPSA) is 0 Å². The Labute approximate surface area is 209 Å². The van der Waals surface area contributed by atoms with Gasteiger partial charge in [-0.25, -0.2) is 0 Å². The first-order valence-corrected chi connectivity index (χ1v) is 12.4. The van der Waals surface area contributed by atoms with Gasteiger partial charge < -0.3 is 0 Å². The molecule has 0 N–H and O–H groups in total. The van der Waals surface area contributed by atoms with Crippen LogP contribution in [0.4, 0.5) is 0 Å². The molecule has 0 saturated heterocycles. The van der Waals surface area contributed by atoms with Crippen LogP contribution in [0.3, 0.4) is 0 Å². The van der Waals surface area contributed by atoms with Gasteiger partial charge in [0.15, 0.2) is 0 Å². The zero-order chi connectivity index (χ0) is 24.5. The van der Waals surface area contributed by atoms with Crippen molar-refractivity contribution in [1.29, 1.82) is 0 Å². The molecule has 0 nitrogen and oxygen atoms in total. The van der Waals surface area contributed by atoms with Crippen LogP contribution < -0.4 is 0 Å². The summed E-state index contributed by atoms with van der Waals surface area (Å²) in [7, 11) is 0. The second-order valence-electron chi connectivity index (χ2n) is 9.67. The van der Waals surface area contributed by atoms with Gasteiger partial charge in [0.05, 0.1) is 0 Å². The van der Waals surface area contributed by atoms with Crippen LogP contribution in [0, 0.1) is 34.6 Å². The maximum absolute atomic E-state index is 2.38. The quantitative estimate of drug-likeness (QED) is 0.254. The molecule has 172 valence electrons. The van der Waals surface area contributed by atoms with Crippen LogP contribution in [0.5, 0.6) is 0 Å². The van der Waals surface area contributed by atoms with Gasteiger partial charge in [-0.15, -0.1) is 0 Å². The van der Waals surface area contributed by atoms with Crippen molar-refractivity contribution in [3.8, 4) is 44.5 Å². The highest BCUT2D eigenvalue weighted by Crippen LogP contribution is 2.38. The van der Waals surface area contributed by atoms with Gasteiger partial charge in [0.1, 0.15) is 0 Å². The molecule has 5 aromatic rings. The molecule has 0 heterocycles. The van der Waals surface area contributed by atoms with Crippen LogP contribution >= 0.6 is 0 Å². The lowest BCUT2D eigenvalue weighted by molar-refractivity contribution is 1.38. The van der Waals surface area contributed by atoms with Crippen LogP contribution in [0.1, 0.15) is 27.8 Å². The lowest BCUT2D eigenvalue weighted by atomic mass is 9.87. The first kappa shape index (κ1) is 22.9. The average Bonchev–Trinajstić information content (AvgIpc) is 2.86. The molecule has 0 aliphatic rings. The molecule has 0 bridgehead atoms. The molecule has 5 rings (SSSR count). The zero-order valence-electron chi connectivity index (χ0n) is 21.3. The Morgan fingerprint density at radius 3 is 1.31 bits per heavy atom. The Kier molecular flexibility index (Phi) is 6.14. The number of aryl methyl sites for hydroxylation is 4. The highest BCUT2D eigenvalue weighted by Gasteiger charge is 2.13. The Morgan fingerprint density at radius 2 is 0.743 bits per heavy atom. The van der Waals surface area contributed by atoms with Crippen LogP contribution in [0.25, 0.3) is 44.5 Å². The predicted molar refractivity (Wildman–Crippen MR) is 152 cm³/mol. The van der Waals surface area contributed by atoms with E-state index in [1.165, 1.54) is 72.3 Å². The van der Waals surface area contributed by atoms with Gasteiger partial charge >= 0.3 is 0 Å². The summed E-state index contributed by atoms with van der Waals surface area (Å²) in [5, 5.41) is 0. The second-order valence-corrected chi connectivity index (χ2v) is 9.67. The largest absolute Gasteiger partial charge is 0.0620 e. The summed E-state index contributed by atoms with van der Waals surface area (Å²) >= 11 is 0. The molecular weight excluding hydrogens is 420 g/mol. The molecular formula is C35H32. The SMILES string of the molecule is Cc1ccccc1-c1ccc(C)c(-c2cc(-c3cccc(-c4ccccc4C)c3C)ccc2C)c1. The van der Waals surface area contributed by atoms with Gasteiger partial charge in [0.25, 0.3) is 0 Å². The standard InChI is InChI=1S/C35H32/c1-23-11-6-8-13-30(23)28-19-17-25(3)34(21-28)35-22-29(20-18-26(35)4)32-15-10-16-33(27(32)5)31-14-9-7-12-24(31)2/h6-22H,1-5H3. The third-order valence-corrected chi connectivity index (χ3v) is 7.30. The molecule has 0 saturated carbocycles. The number of hydrogen-bond donors (Lipinski definition) is 0. The highest BCUT2D eigenvalue weighted by atomic mass is 14.2. The molecule has 35 heavy (non-hydrogen) atoms. The molecule has 0 aliphatic heterocycles. The van der Waals surface area contributed by atoms with Gasteiger partial charge in [-0.2, -0.15) is 0 Å². The fraction of sp³-hybridized carbons (Fsp3) is 0.143. The van der Waals surface area contributed by atoms with Crippen LogP contribution in [-0.2, 0) is 0 Å². The molecule has 0 spiro atoms. The van der Waals surface area contributed by atoms with Gasteiger partial charge in [0, 0.05) is 0 Å². The lowest BCUT2D eigenvalue weighted by Gasteiger charge is -2.17. The number of hydrogen-bond acceptors (Lipinski definition) is 0. The minimum Gasteiger partial charge on any atom is -0.0620 e. The summed E-state index contributed by atoms with van der Waals surface area (Å²) < 4.78 is 0. The third-order valence-electron chi connectivity index (χ3n) is 7.30. The Bertz CT molecular complexity index is 1530. The summed E-state index contributed by atoms with van der Waals surface area (Å²) in [4.78, 5) is 0. The summed E-state index contributed by atoms with van der Waals surface area (Å²) in [5.41, 5.74) is 16.9. The van der Waals surface area contributed by atoms with E-state index in [0.29, 0.717) is 0 Å². The Morgan fingerprint density at radius 1 is 0.314 bits per heavy atom. The molecule has 5 aromatic carbocycles. The van der Waals surface area contributed by atoms with Crippen molar-refractivity contribution in [2.45, 2.75) is 34.6 Å². The van der Waals surface area contributed by atoms with E-state index in [9.17, 15) is 0 Å². The van der Waals surface area contributed by atoms with Crippen molar-refractivity contribution < 1.29 is 0 Å². The predicted octanol–water partition coefficient (Wildman–Crippen LogP) is 9.90. The van der Waals surface area contributed by atoms with E-state index >= 15 is 0 Å². The second kappa shape index (κ2) is 9.39. The first-order valence-electron chi connectivity index (χ1n) is 12.4.